The molecule has 1 amide bonds. The second-order valence-corrected chi connectivity index (χ2v) is 9.34. The van der Waals surface area contributed by atoms with Crippen LogP contribution in [0.3, 0.4) is 0 Å². The zero-order valence-electron chi connectivity index (χ0n) is 16.5. The van der Waals surface area contributed by atoms with Gasteiger partial charge in [-0.1, -0.05) is 23.7 Å². The van der Waals surface area contributed by atoms with Crippen LogP contribution in [0.2, 0.25) is 5.02 Å². The second kappa shape index (κ2) is 8.55. The molecule has 0 aliphatic heterocycles. The fourth-order valence-corrected chi connectivity index (χ4v) is 4.00. The number of hydrogen-bond acceptors (Lipinski definition) is 4. The third kappa shape index (κ3) is 4.38. The first-order valence-electron chi connectivity index (χ1n) is 8.87. The van der Waals surface area contributed by atoms with Crippen LogP contribution >= 0.6 is 11.6 Å². The molecular weight excluding hydrogens is 431 g/mol. The van der Waals surface area contributed by atoms with E-state index in [4.69, 9.17) is 11.6 Å². The Morgan fingerprint density at radius 1 is 1.20 bits per heavy atom. The molecule has 30 heavy (non-hydrogen) atoms. The zero-order valence-corrected chi connectivity index (χ0v) is 18.1. The lowest BCUT2D eigenvalue weighted by Gasteiger charge is -2.20. The van der Waals surface area contributed by atoms with Crippen molar-refractivity contribution in [3.8, 4) is 0 Å². The fourth-order valence-electron chi connectivity index (χ4n) is 2.87. The molecule has 0 aliphatic carbocycles. The molecule has 3 rings (SSSR count). The summed E-state index contributed by atoms with van der Waals surface area (Å²) in [5.41, 5.74) is 0.605. The summed E-state index contributed by atoms with van der Waals surface area (Å²) in [4.78, 5) is 17.3. The van der Waals surface area contributed by atoms with E-state index in [0.717, 1.165) is 4.31 Å². The van der Waals surface area contributed by atoms with E-state index in [0.29, 0.717) is 11.4 Å². The summed E-state index contributed by atoms with van der Waals surface area (Å²) in [6.45, 7) is 0. The van der Waals surface area contributed by atoms with Crippen molar-refractivity contribution in [1.82, 2.24) is 19.2 Å². The molecule has 1 aromatic heterocycles. The van der Waals surface area contributed by atoms with Gasteiger partial charge in [0.1, 0.15) is 17.7 Å². The Bertz CT molecular complexity index is 1180. The lowest BCUT2D eigenvalue weighted by Crippen LogP contribution is -2.31. The van der Waals surface area contributed by atoms with Gasteiger partial charge in [-0.25, -0.2) is 22.1 Å². The fraction of sp³-hybridized carbons (Fsp3) is 0.200. The number of aryl methyl sites for hydroxylation is 1. The average molecular weight is 451 g/mol. The minimum atomic E-state index is -3.75. The molecule has 1 unspecified atom stereocenters. The van der Waals surface area contributed by atoms with E-state index in [9.17, 15) is 17.6 Å². The highest BCUT2D eigenvalue weighted by molar-refractivity contribution is 7.89. The molecule has 0 saturated heterocycles. The van der Waals surface area contributed by atoms with E-state index >= 15 is 0 Å². The number of amides is 1. The average Bonchev–Trinajstić information content (AvgIpc) is 3.12. The van der Waals surface area contributed by atoms with Crippen molar-refractivity contribution in [2.75, 3.05) is 14.1 Å². The van der Waals surface area contributed by atoms with Gasteiger partial charge in [-0.15, -0.1) is 0 Å². The lowest BCUT2D eigenvalue weighted by atomic mass is 10.1. The molecule has 0 bridgehead atoms. The Labute approximate surface area is 179 Å². The van der Waals surface area contributed by atoms with Crippen molar-refractivity contribution in [3.63, 3.8) is 0 Å². The minimum Gasteiger partial charge on any atom is -0.338 e. The van der Waals surface area contributed by atoms with E-state index in [1.807, 2.05) is 0 Å². The van der Waals surface area contributed by atoms with Crippen LogP contribution in [0, 0.1) is 5.82 Å². The number of carbonyl (C=O) groups is 1. The molecule has 2 aromatic carbocycles. The normalized spacial score (nSPS) is 12.7. The Morgan fingerprint density at radius 3 is 2.43 bits per heavy atom. The molecule has 0 fully saturated rings. The van der Waals surface area contributed by atoms with E-state index in [1.54, 1.807) is 36.1 Å². The standard InChI is InChI=1S/C20H20ClFN4O3S/c1-25(2)30(28,29)15-8-9-17(21)16(12-15)20(27)24-18(19-23-10-11-26(19)3)13-4-6-14(22)7-5-13/h4-12,18H,1-3H3,(H,24,27). The van der Waals surface area contributed by atoms with Crippen molar-refractivity contribution in [3.05, 3.63) is 82.6 Å². The number of rotatable bonds is 6. The number of nitrogens with zero attached hydrogens (tertiary/aromatic N) is 3. The van der Waals surface area contributed by atoms with Gasteiger partial charge in [-0.05, 0) is 35.9 Å². The number of aromatic nitrogens is 2. The van der Waals surface area contributed by atoms with Crippen LogP contribution in [0.5, 0.6) is 0 Å². The Morgan fingerprint density at radius 2 is 1.87 bits per heavy atom. The van der Waals surface area contributed by atoms with Crippen LogP contribution in [0.15, 0.2) is 59.8 Å². The Balaban J connectivity index is 2.01. The van der Waals surface area contributed by atoms with Crippen molar-refractivity contribution >= 4 is 27.5 Å². The largest absolute Gasteiger partial charge is 0.338 e. The van der Waals surface area contributed by atoms with Gasteiger partial charge in [0.25, 0.3) is 5.91 Å². The predicted octanol–water partition coefficient (Wildman–Crippen LogP) is 2.98. The summed E-state index contributed by atoms with van der Waals surface area (Å²) >= 11 is 6.19. The van der Waals surface area contributed by atoms with Gasteiger partial charge in [0.2, 0.25) is 10.0 Å². The molecule has 1 heterocycles. The van der Waals surface area contributed by atoms with Crippen LogP contribution in [0.1, 0.15) is 27.8 Å². The van der Waals surface area contributed by atoms with Gasteiger partial charge in [0.05, 0.1) is 15.5 Å². The smallest absolute Gasteiger partial charge is 0.253 e. The number of hydrogen-bond donors (Lipinski definition) is 1. The molecule has 1 atom stereocenters. The summed E-state index contributed by atoms with van der Waals surface area (Å²) in [5, 5.41) is 2.92. The van der Waals surface area contributed by atoms with Crippen molar-refractivity contribution in [1.29, 1.82) is 0 Å². The third-order valence-corrected chi connectivity index (χ3v) is 6.70. The van der Waals surface area contributed by atoms with E-state index in [2.05, 4.69) is 10.3 Å². The number of imidazole rings is 1. The van der Waals surface area contributed by atoms with E-state index in [1.165, 1.54) is 44.4 Å². The first-order valence-corrected chi connectivity index (χ1v) is 10.7. The monoisotopic (exact) mass is 450 g/mol. The molecule has 0 spiro atoms. The molecule has 158 valence electrons. The number of sulfonamides is 1. The van der Waals surface area contributed by atoms with Gasteiger partial charge in [0, 0.05) is 33.5 Å². The highest BCUT2D eigenvalue weighted by atomic mass is 35.5. The van der Waals surface area contributed by atoms with Crippen molar-refractivity contribution in [2.24, 2.45) is 7.05 Å². The Hall–Kier alpha value is -2.75. The SMILES string of the molecule is CN(C)S(=O)(=O)c1ccc(Cl)c(C(=O)NC(c2ccc(F)cc2)c2nccn2C)c1. The van der Waals surface area contributed by atoms with Gasteiger partial charge in [-0.2, -0.15) is 0 Å². The van der Waals surface area contributed by atoms with Gasteiger partial charge in [-0.3, -0.25) is 4.79 Å². The number of carbonyl (C=O) groups excluding carboxylic acids is 1. The van der Waals surface area contributed by atoms with Gasteiger partial charge >= 0.3 is 0 Å². The van der Waals surface area contributed by atoms with Crippen LogP contribution in [0.25, 0.3) is 0 Å². The molecule has 0 radical (unpaired) electrons. The van der Waals surface area contributed by atoms with Crippen LogP contribution < -0.4 is 5.32 Å². The third-order valence-electron chi connectivity index (χ3n) is 4.56. The highest BCUT2D eigenvalue weighted by Crippen LogP contribution is 2.25. The highest BCUT2D eigenvalue weighted by Gasteiger charge is 2.25. The molecular formula is C20H20ClFN4O3S. The maximum absolute atomic E-state index is 13.4. The maximum Gasteiger partial charge on any atom is 0.253 e. The van der Waals surface area contributed by atoms with Gasteiger partial charge in [0.15, 0.2) is 0 Å². The van der Waals surface area contributed by atoms with Crippen molar-refractivity contribution < 1.29 is 17.6 Å². The molecule has 0 aliphatic rings. The van der Waals surface area contributed by atoms with Crippen LogP contribution in [0.4, 0.5) is 4.39 Å². The predicted molar refractivity (Wildman–Crippen MR) is 111 cm³/mol. The summed E-state index contributed by atoms with van der Waals surface area (Å²) in [5.74, 6) is -0.482. The topological polar surface area (TPSA) is 84.3 Å². The molecule has 1 N–H and O–H groups in total. The van der Waals surface area contributed by atoms with Crippen LogP contribution in [-0.2, 0) is 17.1 Å². The zero-order chi connectivity index (χ0) is 22.1. The molecule has 3 aromatic rings. The first kappa shape index (κ1) is 21.9. The van der Waals surface area contributed by atoms with E-state index in [-0.39, 0.29) is 15.5 Å². The summed E-state index contributed by atoms with van der Waals surface area (Å²) in [7, 11) is 0.814. The summed E-state index contributed by atoms with van der Waals surface area (Å²) in [6.07, 6.45) is 3.30. The number of nitrogens with one attached hydrogen (secondary N) is 1. The number of benzene rings is 2. The molecule has 0 saturated carbocycles. The minimum absolute atomic E-state index is 0.000845. The maximum atomic E-state index is 13.4. The Kier molecular flexibility index (Phi) is 6.25. The quantitative estimate of drug-likeness (QED) is 0.625. The molecule has 7 nitrogen and oxygen atoms in total. The molecule has 10 heteroatoms. The second-order valence-electron chi connectivity index (χ2n) is 6.78. The van der Waals surface area contributed by atoms with Crippen molar-refractivity contribution in [2.45, 2.75) is 10.9 Å². The summed E-state index contributed by atoms with van der Waals surface area (Å²) in [6, 6.07) is 8.89. The summed E-state index contributed by atoms with van der Waals surface area (Å²) < 4.78 is 41.0. The lowest BCUT2D eigenvalue weighted by molar-refractivity contribution is 0.0941. The number of halogens is 2. The van der Waals surface area contributed by atoms with Gasteiger partial charge < -0.3 is 9.88 Å². The van der Waals surface area contributed by atoms with Crippen LogP contribution in [-0.4, -0.2) is 42.3 Å². The van der Waals surface area contributed by atoms with E-state index < -0.39 is 27.8 Å². The first-order chi connectivity index (χ1) is 14.1.